The number of hydrogen-bond donors (Lipinski definition) is 1. The van der Waals surface area contributed by atoms with Gasteiger partial charge >= 0.3 is 5.97 Å². The van der Waals surface area contributed by atoms with Crippen molar-refractivity contribution in [3.8, 4) is 0 Å². The van der Waals surface area contributed by atoms with Gasteiger partial charge in [0.05, 0.1) is 13.7 Å². The molecule has 1 N–H and O–H groups in total. The Labute approximate surface area is 185 Å². The zero-order valence-corrected chi connectivity index (χ0v) is 18.7. The van der Waals surface area contributed by atoms with Crippen LogP contribution in [-0.2, 0) is 22.5 Å². The molecule has 1 fully saturated rings. The highest BCUT2D eigenvalue weighted by molar-refractivity contribution is 7.09. The zero-order chi connectivity index (χ0) is 22.0. The summed E-state index contributed by atoms with van der Waals surface area (Å²) in [4.78, 5) is 41.7. The van der Waals surface area contributed by atoms with E-state index in [2.05, 4.69) is 10.4 Å². The molecule has 0 aromatic carbocycles. The second kappa shape index (κ2) is 8.82. The SMILES string of the molecule is COC(=O)c1cc2n(n1)C[C@@](C)(C(=O)NC1CCCCC1)N(CCc1cccs1)C2=O. The number of esters is 1. The number of hydrogen-bond acceptors (Lipinski definition) is 6. The van der Waals surface area contributed by atoms with E-state index >= 15 is 0 Å². The van der Waals surface area contributed by atoms with Crippen LogP contribution in [0.15, 0.2) is 23.6 Å². The van der Waals surface area contributed by atoms with Crippen molar-refractivity contribution in [3.63, 3.8) is 0 Å². The van der Waals surface area contributed by atoms with E-state index in [1.807, 2.05) is 17.5 Å². The Morgan fingerprint density at radius 3 is 2.77 bits per heavy atom. The Hall–Kier alpha value is -2.68. The van der Waals surface area contributed by atoms with E-state index in [1.165, 1.54) is 24.3 Å². The predicted molar refractivity (Wildman–Crippen MR) is 116 cm³/mol. The summed E-state index contributed by atoms with van der Waals surface area (Å²) >= 11 is 1.63. The normalized spacial score (nSPS) is 21.6. The summed E-state index contributed by atoms with van der Waals surface area (Å²) in [5.41, 5.74) is -0.728. The van der Waals surface area contributed by atoms with E-state index in [0.29, 0.717) is 18.7 Å². The lowest BCUT2D eigenvalue weighted by Crippen LogP contribution is -2.65. The molecule has 1 aliphatic heterocycles. The Morgan fingerprint density at radius 1 is 1.32 bits per heavy atom. The van der Waals surface area contributed by atoms with Gasteiger partial charge in [-0.1, -0.05) is 25.3 Å². The van der Waals surface area contributed by atoms with Crippen molar-refractivity contribution in [3.05, 3.63) is 39.8 Å². The predicted octanol–water partition coefficient (Wildman–Crippen LogP) is 2.64. The van der Waals surface area contributed by atoms with Crippen molar-refractivity contribution < 1.29 is 19.1 Å². The molecule has 2 amide bonds. The number of ether oxygens (including phenoxy) is 1. The Bertz CT molecular complexity index is 964. The number of amides is 2. The van der Waals surface area contributed by atoms with Crippen LogP contribution in [0.4, 0.5) is 0 Å². The van der Waals surface area contributed by atoms with Crippen molar-refractivity contribution >= 4 is 29.1 Å². The second-order valence-corrected chi connectivity index (χ2v) is 9.46. The summed E-state index contributed by atoms with van der Waals surface area (Å²) in [5.74, 6) is -1.07. The monoisotopic (exact) mass is 444 g/mol. The van der Waals surface area contributed by atoms with Gasteiger partial charge in [0.2, 0.25) is 5.91 Å². The number of carbonyl (C=O) groups is 3. The Balaban J connectivity index is 1.63. The first-order valence-electron chi connectivity index (χ1n) is 10.7. The summed E-state index contributed by atoms with van der Waals surface area (Å²) in [5, 5.41) is 9.44. The summed E-state index contributed by atoms with van der Waals surface area (Å²) in [6.07, 6.45) is 5.99. The third-order valence-corrected chi connectivity index (χ3v) is 7.22. The summed E-state index contributed by atoms with van der Waals surface area (Å²) in [7, 11) is 1.28. The molecule has 0 radical (unpaired) electrons. The van der Waals surface area contributed by atoms with Crippen molar-refractivity contribution in [2.45, 2.75) is 63.6 Å². The molecule has 0 saturated heterocycles. The van der Waals surface area contributed by atoms with Crippen LogP contribution in [0.2, 0.25) is 0 Å². The second-order valence-electron chi connectivity index (χ2n) is 8.43. The van der Waals surface area contributed by atoms with Crippen molar-refractivity contribution in [2.75, 3.05) is 13.7 Å². The molecular formula is C22H28N4O4S. The van der Waals surface area contributed by atoms with Gasteiger partial charge in [0, 0.05) is 23.5 Å². The first-order valence-corrected chi connectivity index (χ1v) is 11.6. The van der Waals surface area contributed by atoms with Crippen LogP contribution in [0.3, 0.4) is 0 Å². The highest BCUT2D eigenvalue weighted by Crippen LogP contribution is 2.29. The molecule has 0 bridgehead atoms. The number of thiophene rings is 1. The van der Waals surface area contributed by atoms with E-state index in [9.17, 15) is 14.4 Å². The number of carbonyl (C=O) groups excluding carboxylic acids is 3. The molecule has 2 aromatic rings. The van der Waals surface area contributed by atoms with Crippen LogP contribution in [0.5, 0.6) is 0 Å². The van der Waals surface area contributed by atoms with Gasteiger partial charge < -0.3 is 15.0 Å². The van der Waals surface area contributed by atoms with Crippen molar-refractivity contribution in [1.82, 2.24) is 20.0 Å². The maximum Gasteiger partial charge on any atom is 0.358 e. The molecule has 0 unspecified atom stereocenters. The average molecular weight is 445 g/mol. The molecule has 31 heavy (non-hydrogen) atoms. The first-order chi connectivity index (χ1) is 14.9. The highest BCUT2D eigenvalue weighted by atomic mass is 32.1. The average Bonchev–Trinajstić information content (AvgIpc) is 3.43. The minimum absolute atomic E-state index is 0.0704. The van der Waals surface area contributed by atoms with E-state index < -0.39 is 11.5 Å². The van der Waals surface area contributed by atoms with E-state index in [1.54, 1.807) is 23.2 Å². The zero-order valence-electron chi connectivity index (χ0n) is 17.9. The van der Waals surface area contributed by atoms with Crippen LogP contribution >= 0.6 is 11.3 Å². The summed E-state index contributed by atoms with van der Waals surface area (Å²) in [6.45, 7) is 2.39. The topological polar surface area (TPSA) is 93.5 Å². The minimum atomic E-state index is -1.10. The molecule has 2 aliphatic rings. The fourth-order valence-electron chi connectivity index (χ4n) is 4.46. The van der Waals surface area contributed by atoms with Crippen LogP contribution in [0, 0.1) is 0 Å². The third-order valence-electron chi connectivity index (χ3n) is 6.28. The molecule has 2 aromatic heterocycles. The standard InChI is InChI=1S/C22H28N4O4S/c1-22(21(29)23-15-7-4-3-5-8-15)14-26-18(13-17(24-26)20(28)30-2)19(27)25(22)11-10-16-9-6-12-31-16/h6,9,12-13,15H,3-5,7-8,10-11,14H2,1-2H3,(H,23,29)/t22-/m0/s1. The van der Waals surface area contributed by atoms with Gasteiger partial charge in [0.1, 0.15) is 11.2 Å². The van der Waals surface area contributed by atoms with E-state index in [0.717, 1.165) is 30.6 Å². The number of nitrogens with one attached hydrogen (secondary N) is 1. The molecule has 9 heteroatoms. The smallest absolute Gasteiger partial charge is 0.358 e. The van der Waals surface area contributed by atoms with Crippen LogP contribution in [-0.4, -0.2) is 57.7 Å². The van der Waals surface area contributed by atoms with Gasteiger partial charge in [-0.15, -0.1) is 11.3 Å². The lowest BCUT2D eigenvalue weighted by atomic mass is 9.91. The van der Waals surface area contributed by atoms with Crippen LogP contribution in [0.1, 0.15) is 64.9 Å². The fraction of sp³-hybridized carbons (Fsp3) is 0.545. The molecular weight excluding hydrogens is 416 g/mol. The van der Waals surface area contributed by atoms with Gasteiger partial charge in [0.15, 0.2) is 5.69 Å². The van der Waals surface area contributed by atoms with Crippen molar-refractivity contribution in [2.24, 2.45) is 0 Å². The lowest BCUT2D eigenvalue weighted by molar-refractivity contribution is -0.134. The van der Waals surface area contributed by atoms with Crippen LogP contribution < -0.4 is 5.32 Å². The van der Waals surface area contributed by atoms with E-state index in [4.69, 9.17) is 4.74 Å². The lowest BCUT2D eigenvalue weighted by Gasteiger charge is -2.44. The number of aromatic nitrogens is 2. The molecule has 8 nitrogen and oxygen atoms in total. The number of nitrogens with zero attached hydrogens (tertiary/aromatic N) is 3. The maximum atomic E-state index is 13.5. The molecule has 3 heterocycles. The third kappa shape index (κ3) is 4.23. The van der Waals surface area contributed by atoms with Gasteiger partial charge in [-0.2, -0.15) is 5.10 Å². The van der Waals surface area contributed by atoms with Gasteiger partial charge in [-0.25, -0.2) is 4.79 Å². The van der Waals surface area contributed by atoms with Crippen molar-refractivity contribution in [1.29, 1.82) is 0 Å². The van der Waals surface area contributed by atoms with Gasteiger partial charge in [-0.3, -0.25) is 14.3 Å². The fourth-order valence-corrected chi connectivity index (χ4v) is 5.16. The van der Waals surface area contributed by atoms with Gasteiger partial charge in [0.25, 0.3) is 5.91 Å². The number of rotatable bonds is 6. The Kier molecular flexibility index (Phi) is 6.13. The quantitative estimate of drug-likeness (QED) is 0.692. The minimum Gasteiger partial charge on any atom is -0.464 e. The molecule has 166 valence electrons. The van der Waals surface area contributed by atoms with Crippen LogP contribution in [0.25, 0.3) is 0 Å². The molecule has 1 saturated carbocycles. The Morgan fingerprint density at radius 2 is 2.10 bits per heavy atom. The highest BCUT2D eigenvalue weighted by Gasteiger charge is 2.48. The molecule has 1 aliphatic carbocycles. The molecule has 4 rings (SSSR count). The largest absolute Gasteiger partial charge is 0.464 e. The number of fused-ring (bicyclic) bond motifs is 1. The first kappa shape index (κ1) is 21.5. The van der Waals surface area contributed by atoms with Gasteiger partial charge in [-0.05, 0) is 37.6 Å². The summed E-state index contributed by atoms with van der Waals surface area (Å²) < 4.78 is 6.22. The number of methoxy groups -OCH3 is 1. The molecule has 1 atom stereocenters. The summed E-state index contributed by atoms with van der Waals surface area (Å²) in [6, 6.07) is 5.59. The maximum absolute atomic E-state index is 13.5. The van der Waals surface area contributed by atoms with E-state index in [-0.39, 0.29) is 30.1 Å². The molecule has 0 spiro atoms.